The summed E-state index contributed by atoms with van der Waals surface area (Å²) in [5, 5.41) is 3.46. The highest BCUT2D eigenvalue weighted by molar-refractivity contribution is 5.86. The second-order valence-corrected chi connectivity index (χ2v) is 5.89. The molecule has 4 heteroatoms. The molecular formula is C17H27N3O. The molecule has 0 saturated heterocycles. The zero-order valence-electron chi connectivity index (χ0n) is 13.1. The highest BCUT2D eigenvalue weighted by Crippen LogP contribution is 2.40. The molecule has 1 saturated carbocycles. The van der Waals surface area contributed by atoms with E-state index in [1.54, 1.807) is 0 Å². The number of likely N-dealkylation sites (N-methyl/N-ethyl adjacent to an activating group) is 1. The predicted octanol–water partition coefficient (Wildman–Crippen LogP) is 2.15. The van der Waals surface area contributed by atoms with Crippen LogP contribution in [0.25, 0.3) is 0 Å². The fraction of sp³-hybridized carbons (Fsp3) is 0.588. The molecule has 1 aliphatic carbocycles. The quantitative estimate of drug-likeness (QED) is 0.732. The first kappa shape index (κ1) is 15.8. The van der Waals surface area contributed by atoms with Crippen LogP contribution in [-0.4, -0.2) is 31.1 Å². The molecule has 4 nitrogen and oxygen atoms in total. The summed E-state index contributed by atoms with van der Waals surface area (Å²) in [4.78, 5) is 14.5. The molecule has 0 radical (unpaired) electrons. The number of para-hydroxylation sites is 1. The van der Waals surface area contributed by atoms with E-state index in [0.29, 0.717) is 12.5 Å². The molecular weight excluding hydrogens is 262 g/mol. The Balaban J connectivity index is 2.22. The van der Waals surface area contributed by atoms with Crippen molar-refractivity contribution >= 4 is 11.6 Å². The third-order valence-electron chi connectivity index (χ3n) is 4.35. The van der Waals surface area contributed by atoms with Gasteiger partial charge in [0, 0.05) is 18.8 Å². The van der Waals surface area contributed by atoms with Gasteiger partial charge in [0.15, 0.2) is 0 Å². The maximum Gasteiger partial charge on any atom is 0.239 e. The minimum atomic E-state index is -0.595. The van der Waals surface area contributed by atoms with Crippen LogP contribution in [0.1, 0.15) is 33.1 Å². The van der Waals surface area contributed by atoms with E-state index in [1.165, 1.54) is 0 Å². The molecule has 1 amide bonds. The lowest BCUT2D eigenvalue weighted by Gasteiger charge is -2.38. The van der Waals surface area contributed by atoms with E-state index in [4.69, 9.17) is 5.73 Å². The molecule has 0 bridgehead atoms. The van der Waals surface area contributed by atoms with Gasteiger partial charge in [0.1, 0.15) is 5.54 Å². The average molecular weight is 289 g/mol. The smallest absolute Gasteiger partial charge is 0.239 e. The Morgan fingerprint density at radius 2 is 2.00 bits per heavy atom. The highest BCUT2D eigenvalue weighted by atomic mass is 16.1. The van der Waals surface area contributed by atoms with Gasteiger partial charge in [-0.3, -0.25) is 4.79 Å². The van der Waals surface area contributed by atoms with Crippen molar-refractivity contribution in [3.63, 3.8) is 0 Å². The van der Waals surface area contributed by atoms with Gasteiger partial charge in [0.2, 0.25) is 5.91 Å². The van der Waals surface area contributed by atoms with Crippen molar-refractivity contribution in [2.75, 3.05) is 24.5 Å². The first-order valence-electron chi connectivity index (χ1n) is 7.99. The van der Waals surface area contributed by atoms with Crippen molar-refractivity contribution in [1.29, 1.82) is 0 Å². The monoisotopic (exact) mass is 289 g/mol. The normalized spacial score (nSPS) is 17.2. The summed E-state index contributed by atoms with van der Waals surface area (Å²) in [5.74, 6) is 0.159. The molecule has 0 aromatic heterocycles. The largest absolute Gasteiger partial charge is 0.369 e. The van der Waals surface area contributed by atoms with Crippen molar-refractivity contribution in [3.8, 4) is 0 Å². The van der Waals surface area contributed by atoms with Gasteiger partial charge in [0.25, 0.3) is 0 Å². The molecule has 1 aromatic rings. The van der Waals surface area contributed by atoms with Crippen LogP contribution in [0, 0.1) is 5.92 Å². The van der Waals surface area contributed by atoms with Crippen LogP contribution in [0.5, 0.6) is 0 Å². The number of nitrogens with zero attached hydrogens (tertiary/aromatic N) is 1. The summed E-state index contributed by atoms with van der Waals surface area (Å²) < 4.78 is 0. The number of amides is 1. The van der Waals surface area contributed by atoms with Gasteiger partial charge in [-0.1, -0.05) is 25.1 Å². The van der Waals surface area contributed by atoms with Crippen LogP contribution in [-0.2, 0) is 4.79 Å². The fourth-order valence-corrected chi connectivity index (χ4v) is 2.95. The molecule has 1 unspecified atom stereocenters. The summed E-state index contributed by atoms with van der Waals surface area (Å²) in [6, 6.07) is 10.2. The number of nitrogens with one attached hydrogen (secondary N) is 1. The summed E-state index contributed by atoms with van der Waals surface area (Å²) in [6.45, 7) is 6.56. The van der Waals surface area contributed by atoms with E-state index < -0.39 is 5.54 Å². The second kappa shape index (κ2) is 6.94. The van der Waals surface area contributed by atoms with E-state index in [2.05, 4.69) is 36.2 Å². The Labute approximate surface area is 127 Å². The fourth-order valence-electron chi connectivity index (χ4n) is 2.95. The number of benzene rings is 1. The maximum atomic E-state index is 12.2. The molecule has 1 fully saturated rings. The zero-order valence-corrected chi connectivity index (χ0v) is 13.1. The molecule has 1 aromatic carbocycles. The van der Waals surface area contributed by atoms with Crippen LogP contribution in [0.15, 0.2) is 30.3 Å². The number of nitrogens with two attached hydrogens (primary N) is 1. The van der Waals surface area contributed by atoms with Gasteiger partial charge in [-0.15, -0.1) is 0 Å². The van der Waals surface area contributed by atoms with Crippen LogP contribution < -0.4 is 16.0 Å². The minimum Gasteiger partial charge on any atom is -0.369 e. The Morgan fingerprint density at radius 3 is 2.48 bits per heavy atom. The number of carbonyl (C=O) groups excluding carboxylic acids is 1. The minimum absolute atomic E-state index is 0.215. The topological polar surface area (TPSA) is 58.4 Å². The van der Waals surface area contributed by atoms with Crippen LogP contribution in [0.2, 0.25) is 0 Å². The first-order chi connectivity index (χ1) is 10.1. The van der Waals surface area contributed by atoms with Gasteiger partial charge in [-0.2, -0.15) is 0 Å². The number of primary amides is 1. The second-order valence-electron chi connectivity index (χ2n) is 5.89. The number of rotatable bonds is 9. The molecule has 1 aliphatic rings. The van der Waals surface area contributed by atoms with Crippen LogP contribution in [0.4, 0.5) is 5.69 Å². The lowest BCUT2D eigenvalue weighted by atomic mass is 9.90. The Hall–Kier alpha value is -1.55. The van der Waals surface area contributed by atoms with Crippen molar-refractivity contribution in [3.05, 3.63) is 30.3 Å². The lowest BCUT2D eigenvalue weighted by Crippen LogP contribution is -2.63. The summed E-state index contributed by atoms with van der Waals surface area (Å²) in [5.41, 5.74) is 6.35. The van der Waals surface area contributed by atoms with E-state index in [-0.39, 0.29) is 5.91 Å². The average Bonchev–Trinajstić information content (AvgIpc) is 3.33. The summed E-state index contributed by atoms with van der Waals surface area (Å²) in [7, 11) is 0. The molecule has 21 heavy (non-hydrogen) atoms. The molecule has 0 heterocycles. The molecule has 1 atom stereocenters. The third-order valence-corrected chi connectivity index (χ3v) is 4.35. The van der Waals surface area contributed by atoms with E-state index in [9.17, 15) is 4.79 Å². The van der Waals surface area contributed by atoms with Gasteiger partial charge >= 0.3 is 0 Å². The van der Waals surface area contributed by atoms with Crippen molar-refractivity contribution in [2.24, 2.45) is 11.7 Å². The predicted molar refractivity (Wildman–Crippen MR) is 87.3 cm³/mol. The van der Waals surface area contributed by atoms with E-state index in [0.717, 1.165) is 38.0 Å². The number of carbonyl (C=O) groups is 1. The molecule has 3 N–H and O–H groups in total. The summed E-state index contributed by atoms with van der Waals surface area (Å²) in [6.07, 6.45) is 3.18. The third kappa shape index (κ3) is 3.56. The SMILES string of the molecule is CCCNC(CN(CC)c1ccccc1)(C(N)=O)C1CC1. The lowest BCUT2D eigenvalue weighted by molar-refractivity contribution is -0.125. The Kier molecular flexibility index (Phi) is 5.23. The molecule has 2 rings (SSSR count). The van der Waals surface area contributed by atoms with Crippen molar-refractivity contribution in [2.45, 2.75) is 38.6 Å². The zero-order chi connectivity index (χ0) is 15.3. The number of hydrogen-bond acceptors (Lipinski definition) is 3. The number of anilines is 1. The van der Waals surface area contributed by atoms with Crippen molar-refractivity contribution in [1.82, 2.24) is 5.32 Å². The van der Waals surface area contributed by atoms with E-state index in [1.807, 2.05) is 18.2 Å². The first-order valence-corrected chi connectivity index (χ1v) is 7.99. The van der Waals surface area contributed by atoms with E-state index >= 15 is 0 Å². The van der Waals surface area contributed by atoms with Gasteiger partial charge in [-0.05, 0) is 50.8 Å². The standard InChI is InChI=1S/C17H27N3O/c1-3-12-19-17(16(18)21,14-10-11-14)13-20(4-2)15-8-6-5-7-9-15/h5-9,14,19H,3-4,10-13H2,1-2H3,(H2,18,21). The van der Waals surface area contributed by atoms with Crippen LogP contribution >= 0.6 is 0 Å². The van der Waals surface area contributed by atoms with Crippen molar-refractivity contribution < 1.29 is 4.79 Å². The summed E-state index contributed by atoms with van der Waals surface area (Å²) >= 11 is 0. The van der Waals surface area contributed by atoms with Crippen LogP contribution in [0.3, 0.4) is 0 Å². The van der Waals surface area contributed by atoms with Gasteiger partial charge in [0.05, 0.1) is 0 Å². The Bertz CT molecular complexity index is 458. The number of hydrogen-bond donors (Lipinski definition) is 2. The maximum absolute atomic E-state index is 12.2. The van der Waals surface area contributed by atoms with Gasteiger partial charge < -0.3 is 16.0 Å². The van der Waals surface area contributed by atoms with Gasteiger partial charge in [-0.25, -0.2) is 0 Å². The molecule has 0 spiro atoms. The Morgan fingerprint density at radius 1 is 1.33 bits per heavy atom. The highest BCUT2D eigenvalue weighted by Gasteiger charge is 2.50. The molecule has 116 valence electrons. The molecule has 0 aliphatic heterocycles.